The highest BCUT2D eigenvalue weighted by Crippen LogP contribution is 2.11. The highest BCUT2D eigenvalue weighted by Gasteiger charge is 2.04. The Morgan fingerprint density at radius 1 is 0.810 bits per heavy atom. The van der Waals surface area contributed by atoms with Crippen LogP contribution in [0.1, 0.15) is 104 Å². The van der Waals surface area contributed by atoms with Crippen molar-refractivity contribution >= 4 is 17.2 Å². The molecule has 126 valence electrons. The zero-order valence-corrected chi connectivity index (χ0v) is 15.7. The molecule has 0 aromatic carbocycles. The second-order valence-corrected chi connectivity index (χ2v) is 7.12. The molecule has 0 radical (unpaired) electrons. The molecular formula is C19H39NS. The van der Waals surface area contributed by atoms with Gasteiger partial charge in [-0.15, -0.1) is 0 Å². The SMILES string of the molecule is CCCCCCCCCCCCNC(=S)CC(C)CCC. The monoisotopic (exact) mass is 313 g/mol. The molecule has 0 aliphatic rings. The van der Waals surface area contributed by atoms with E-state index in [1.807, 2.05) is 0 Å². The summed E-state index contributed by atoms with van der Waals surface area (Å²) in [6.07, 6.45) is 17.6. The zero-order valence-electron chi connectivity index (χ0n) is 14.9. The molecule has 0 spiro atoms. The predicted molar refractivity (Wildman–Crippen MR) is 101 cm³/mol. The quantitative estimate of drug-likeness (QED) is 0.268. The van der Waals surface area contributed by atoms with Gasteiger partial charge in [-0.05, 0) is 12.3 Å². The van der Waals surface area contributed by atoms with Gasteiger partial charge < -0.3 is 5.32 Å². The number of nitrogens with one attached hydrogen (secondary N) is 1. The van der Waals surface area contributed by atoms with Crippen molar-refractivity contribution in [3.63, 3.8) is 0 Å². The Kier molecular flexibility index (Phi) is 16.2. The van der Waals surface area contributed by atoms with Crippen LogP contribution in [0.4, 0.5) is 0 Å². The molecule has 0 amide bonds. The number of thiocarbonyl (C=S) groups is 1. The summed E-state index contributed by atoms with van der Waals surface area (Å²) in [7, 11) is 0. The first-order valence-electron chi connectivity index (χ1n) is 9.47. The van der Waals surface area contributed by atoms with Crippen molar-refractivity contribution in [2.75, 3.05) is 6.54 Å². The van der Waals surface area contributed by atoms with Gasteiger partial charge in [-0.3, -0.25) is 0 Å². The lowest BCUT2D eigenvalue weighted by atomic mass is 10.0. The molecule has 1 unspecified atom stereocenters. The Balaban J connectivity index is 3.19. The van der Waals surface area contributed by atoms with E-state index in [9.17, 15) is 0 Å². The van der Waals surface area contributed by atoms with Gasteiger partial charge in [0.1, 0.15) is 0 Å². The molecular weight excluding hydrogens is 274 g/mol. The maximum Gasteiger partial charge on any atom is 0.0756 e. The average molecular weight is 314 g/mol. The van der Waals surface area contributed by atoms with E-state index >= 15 is 0 Å². The molecule has 2 heteroatoms. The Labute approximate surface area is 139 Å². The fraction of sp³-hybridized carbons (Fsp3) is 0.947. The fourth-order valence-electron chi connectivity index (χ4n) is 2.82. The summed E-state index contributed by atoms with van der Waals surface area (Å²) in [6.45, 7) is 7.91. The van der Waals surface area contributed by atoms with Crippen molar-refractivity contribution in [2.24, 2.45) is 5.92 Å². The predicted octanol–water partition coefficient (Wildman–Crippen LogP) is 6.65. The lowest BCUT2D eigenvalue weighted by Crippen LogP contribution is -2.24. The van der Waals surface area contributed by atoms with Crippen molar-refractivity contribution in [3.05, 3.63) is 0 Å². The molecule has 0 aromatic heterocycles. The molecule has 0 fully saturated rings. The first-order chi connectivity index (χ1) is 10.2. The van der Waals surface area contributed by atoms with Crippen LogP contribution in [0.5, 0.6) is 0 Å². The molecule has 0 heterocycles. The molecule has 0 saturated carbocycles. The largest absolute Gasteiger partial charge is 0.380 e. The Morgan fingerprint density at radius 2 is 1.33 bits per heavy atom. The van der Waals surface area contributed by atoms with Crippen molar-refractivity contribution < 1.29 is 0 Å². The summed E-state index contributed by atoms with van der Waals surface area (Å²) in [5.41, 5.74) is 0. The van der Waals surface area contributed by atoms with E-state index in [0.29, 0.717) is 0 Å². The Morgan fingerprint density at radius 3 is 1.86 bits per heavy atom. The standard InChI is InChI=1S/C19H39NS/c1-4-6-7-8-9-10-11-12-13-14-16-20-19(21)17-18(3)15-5-2/h18H,4-17H2,1-3H3,(H,20,21). The third-order valence-electron chi connectivity index (χ3n) is 4.17. The minimum atomic E-state index is 0.739. The molecule has 1 atom stereocenters. The average Bonchev–Trinajstić information content (AvgIpc) is 2.45. The van der Waals surface area contributed by atoms with Crippen LogP contribution in [0.25, 0.3) is 0 Å². The number of unbranched alkanes of at least 4 members (excludes halogenated alkanes) is 9. The topological polar surface area (TPSA) is 12.0 Å². The van der Waals surface area contributed by atoms with E-state index in [1.54, 1.807) is 0 Å². The van der Waals surface area contributed by atoms with Crippen LogP contribution >= 0.6 is 12.2 Å². The van der Waals surface area contributed by atoms with Crippen LogP contribution in [0.15, 0.2) is 0 Å². The second-order valence-electron chi connectivity index (χ2n) is 6.63. The van der Waals surface area contributed by atoms with Gasteiger partial charge in [-0.1, -0.05) is 104 Å². The van der Waals surface area contributed by atoms with Crippen LogP contribution in [-0.2, 0) is 0 Å². The fourth-order valence-corrected chi connectivity index (χ4v) is 3.21. The molecule has 0 aromatic rings. The van der Waals surface area contributed by atoms with Crippen LogP contribution in [-0.4, -0.2) is 11.5 Å². The normalized spacial score (nSPS) is 12.3. The summed E-state index contributed by atoms with van der Waals surface area (Å²) in [5, 5.41) is 3.43. The van der Waals surface area contributed by atoms with Gasteiger partial charge in [0.2, 0.25) is 0 Å². The Bertz CT molecular complexity index is 228. The van der Waals surface area contributed by atoms with Crippen molar-refractivity contribution in [1.82, 2.24) is 5.32 Å². The highest BCUT2D eigenvalue weighted by atomic mass is 32.1. The maximum absolute atomic E-state index is 5.40. The third kappa shape index (κ3) is 16.1. The smallest absolute Gasteiger partial charge is 0.0756 e. The highest BCUT2D eigenvalue weighted by molar-refractivity contribution is 7.80. The summed E-state index contributed by atoms with van der Waals surface area (Å²) >= 11 is 5.40. The summed E-state index contributed by atoms with van der Waals surface area (Å²) in [6, 6.07) is 0. The van der Waals surface area contributed by atoms with Gasteiger partial charge in [0, 0.05) is 13.0 Å². The number of hydrogen-bond acceptors (Lipinski definition) is 1. The minimum Gasteiger partial charge on any atom is -0.380 e. The lowest BCUT2D eigenvalue weighted by molar-refractivity contribution is 0.536. The summed E-state index contributed by atoms with van der Waals surface area (Å²) < 4.78 is 0. The molecule has 0 rings (SSSR count). The summed E-state index contributed by atoms with van der Waals surface area (Å²) in [4.78, 5) is 1.08. The molecule has 1 nitrogen and oxygen atoms in total. The molecule has 0 aliphatic carbocycles. The molecule has 0 saturated heterocycles. The van der Waals surface area contributed by atoms with E-state index in [-0.39, 0.29) is 0 Å². The van der Waals surface area contributed by atoms with Crippen molar-refractivity contribution in [3.8, 4) is 0 Å². The first kappa shape index (κ1) is 20.9. The molecule has 0 bridgehead atoms. The van der Waals surface area contributed by atoms with E-state index in [0.717, 1.165) is 23.9 Å². The zero-order chi connectivity index (χ0) is 15.8. The van der Waals surface area contributed by atoms with E-state index in [4.69, 9.17) is 12.2 Å². The van der Waals surface area contributed by atoms with Gasteiger partial charge in [0.15, 0.2) is 0 Å². The second kappa shape index (κ2) is 16.3. The van der Waals surface area contributed by atoms with E-state index in [2.05, 4.69) is 26.1 Å². The van der Waals surface area contributed by atoms with E-state index < -0.39 is 0 Å². The van der Waals surface area contributed by atoms with Gasteiger partial charge in [-0.2, -0.15) is 0 Å². The van der Waals surface area contributed by atoms with Gasteiger partial charge in [-0.25, -0.2) is 0 Å². The van der Waals surface area contributed by atoms with Crippen molar-refractivity contribution in [1.29, 1.82) is 0 Å². The summed E-state index contributed by atoms with van der Waals surface area (Å²) in [5.74, 6) is 0.739. The number of hydrogen-bond donors (Lipinski definition) is 1. The first-order valence-corrected chi connectivity index (χ1v) is 9.88. The number of rotatable bonds is 15. The maximum atomic E-state index is 5.40. The Hall–Kier alpha value is -0.110. The minimum absolute atomic E-state index is 0.739. The third-order valence-corrected chi connectivity index (χ3v) is 4.48. The van der Waals surface area contributed by atoms with Crippen molar-refractivity contribution in [2.45, 2.75) is 104 Å². The van der Waals surface area contributed by atoms with Gasteiger partial charge >= 0.3 is 0 Å². The van der Waals surface area contributed by atoms with Crippen LogP contribution in [0.2, 0.25) is 0 Å². The lowest BCUT2D eigenvalue weighted by Gasteiger charge is -2.12. The molecule has 1 N–H and O–H groups in total. The molecule has 0 aliphatic heterocycles. The van der Waals surface area contributed by atoms with Gasteiger partial charge in [0.05, 0.1) is 4.99 Å². The van der Waals surface area contributed by atoms with Gasteiger partial charge in [0.25, 0.3) is 0 Å². The van der Waals surface area contributed by atoms with Crippen LogP contribution < -0.4 is 5.32 Å². The molecule has 21 heavy (non-hydrogen) atoms. The van der Waals surface area contributed by atoms with Crippen LogP contribution in [0, 0.1) is 5.92 Å². The van der Waals surface area contributed by atoms with E-state index in [1.165, 1.54) is 77.0 Å². The van der Waals surface area contributed by atoms with Crippen LogP contribution in [0.3, 0.4) is 0 Å².